The largest absolute Gasteiger partial charge is 0.265 e. The summed E-state index contributed by atoms with van der Waals surface area (Å²) in [5, 5.41) is 4.26. The van der Waals surface area contributed by atoms with Crippen LogP contribution in [0.15, 0.2) is 60.0 Å². The van der Waals surface area contributed by atoms with Gasteiger partial charge in [-0.3, -0.25) is 10.4 Å². The van der Waals surface area contributed by atoms with Gasteiger partial charge in [0.05, 0.1) is 6.21 Å². The number of hydrogen-bond donors (Lipinski definition) is 1. The van der Waals surface area contributed by atoms with E-state index in [4.69, 9.17) is 0 Å². The zero-order chi connectivity index (χ0) is 16.1. The summed E-state index contributed by atoms with van der Waals surface area (Å²) >= 11 is 0. The highest BCUT2D eigenvalue weighted by Gasteiger charge is 2.08. The van der Waals surface area contributed by atoms with Crippen molar-refractivity contribution in [2.24, 2.45) is 5.10 Å². The Kier molecular flexibility index (Phi) is 4.38. The van der Waals surface area contributed by atoms with Gasteiger partial charge < -0.3 is 0 Å². The van der Waals surface area contributed by atoms with Crippen LogP contribution < -0.4 is 5.43 Å². The predicted molar refractivity (Wildman–Crippen MR) is 92.4 cm³/mol. The Hall–Kier alpha value is -3.08. The van der Waals surface area contributed by atoms with Crippen LogP contribution in [0.4, 0.5) is 5.82 Å². The van der Waals surface area contributed by atoms with E-state index in [1.165, 1.54) is 0 Å². The van der Waals surface area contributed by atoms with Gasteiger partial charge in [0.25, 0.3) is 0 Å². The van der Waals surface area contributed by atoms with Gasteiger partial charge in [-0.15, -0.1) is 0 Å². The highest BCUT2D eigenvalue weighted by Crippen LogP contribution is 2.21. The number of rotatable bonds is 4. The lowest BCUT2D eigenvalue weighted by atomic mass is 10.2. The van der Waals surface area contributed by atoms with Gasteiger partial charge >= 0.3 is 0 Å². The second kappa shape index (κ2) is 6.79. The van der Waals surface area contributed by atoms with Crippen molar-refractivity contribution >= 4 is 12.0 Å². The van der Waals surface area contributed by atoms with Crippen LogP contribution in [0.3, 0.4) is 0 Å². The van der Waals surface area contributed by atoms with Gasteiger partial charge in [0, 0.05) is 29.2 Å². The zero-order valence-corrected chi connectivity index (χ0v) is 13.1. The second-order valence-corrected chi connectivity index (χ2v) is 5.12. The molecule has 0 saturated carbocycles. The first-order chi connectivity index (χ1) is 11.2. The van der Waals surface area contributed by atoms with Crippen molar-refractivity contribution < 1.29 is 0 Å². The lowest BCUT2D eigenvalue weighted by molar-refractivity contribution is 1.06. The van der Waals surface area contributed by atoms with Crippen LogP contribution in [0, 0.1) is 13.8 Å². The minimum absolute atomic E-state index is 0.690. The molecule has 0 aliphatic rings. The van der Waals surface area contributed by atoms with Crippen molar-refractivity contribution in [2.45, 2.75) is 13.8 Å². The molecule has 0 aliphatic carbocycles. The van der Waals surface area contributed by atoms with Gasteiger partial charge in [-0.2, -0.15) is 5.10 Å². The number of aromatic nitrogens is 3. The Bertz CT molecular complexity index is 814. The number of nitrogens with zero attached hydrogens (tertiary/aromatic N) is 4. The molecule has 0 aliphatic heterocycles. The number of benzene rings is 1. The normalized spacial score (nSPS) is 10.9. The quantitative estimate of drug-likeness (QED) is 0.591. The van der Waals surface area contributed by atoms with Crippen LogP contribution in [-0.4, -0.2) is 21.2 Å². The molecule has 23 heavy (non-hydrogen) atoms. The Labute approximate surface area is 135 Å². The monoisotopic (exact) mass is 303 g/mol. The molecule has 0 fully saturated rings. The summed E-state index contributed by atoms with van der Waals surface area (Å²) < 4.78 is 0. The fourth-order valence-electron chi connectivity index (χ4n) is 2.07. The van der Waals surface area contributed by atoms with E-state index in [1.807, 2.05) is 56.3 Å². The average Bonchev–Trinajstić information content (AvgIpc) is 2.60. The van der Waals surface area contributed by atoms with Crippen LogP contribution in [0.25, 0.3) is 11.4 Å². The van der Waals surface area contributed by atoms with Gasteiger partial charge in [0.1, 0.15) is 0 Å². The summed E-state index contributed by atoms with van der Waals surface area (Å²) in [6.07, 6.45) is 5.20. The average molecular weight is 303 g/mol. The van der Waals surface area contributed by atoms with Gasteiger partial charge in [0.15, 0.2) is 11.6 Å². The molecule has 1 N–H and O–H groups in total. The van der Waals surface area contributed by atoms with E-state index < -0.39 is 0 Å². The van der Waals surface area contributed by atoms with Crippen molar-refractivity contribution in [2.75, 3.05) is 5.43 Å². The van der Waals surface area contributed by atoms with E-state index in [9.17, 15) is 0 Å². The van der Waals surface area contributed by atoms with E-state index >= 15 is 0 Å². The van der Waals surface area contributed by atoms with Gasteiger partial charge in [-0.1, -0.05) is 30.3 Å². The minimum atomic E-state index is 0.690. The van der Waals surface area contributed by atoms with Crippen LogP contribution in [0.5, 0.6) is 0 Å². The number of hydrazone groups is 1. The maximum atomic E-state index is 4.59. The third-order valence-electron chi connectivity index (χ3n) is 3.51. The molecular formula is C18H17N5. The Balaban J connectivity index is 1.87. The molecule has 5 heteroatoms. The maximum Gasteiger partial charge on any atom is 0.161 e. The van der Waals surface area contributed by atoms with Crippen LogP contribution >= 0.6 is 0 Å². The molecule has 0 atom stereocenters. The predicted octanol–water partition coefficient (Wildman–Crippen LogP) is 3.60. The summed E-state index contributed by atoms with van der Waals surface area (Å²) in [7, 11) is 0. The third kappa shape index (κ3) is 3.58. The number of aryl methyl sites for hydroxylation is 1. The first-order valence-corrected chi connectivity index (χ1v) is 7.34. The molecule has 0 bridgehead atoms. The summed E-state index contributed by atoms with van der Waals surface area (Å²) in [6.45, 7) is 3.95. The molecule has 3 aromatic rings. The molecule has 114 valence electrons. The van der Waals surface area contributed by atoms with Crippen molar-refractivity contribution in [1.29, 1.82) is 0 Å². The fourth-order valence-corrected chi connectivity index (χ4v) is 2.07. The molecule has 5 nitrogen and oxygen atoms in total. The van der Waals surface area contributed by atoms with Crippen LogP contribution in [0.1, 0.15) is 16.8 Å². The standard InChI is InChI=1S/C18H17N5/c1-13-14(2)21-18(16-6-4-3-5-7-16)22-17(13)23-20-12-15-8-10-19-11-9-15/h3-12H,1-2H3,(H,21,22,23)/b20-12-. The lowest BCUT2D eigenvalue weighted by Crippen LogP contribution is -2.03. The number of nitrogens with one attached hydrogen (secondary N) is 1. The molecule has 0 amide bonds. The molecule has 2 aromatic heterocycles. The fraction of sp³-hybridized carbons (Fsp3) is 0.111. The summed E-state index contributed by atoms with van der Waals surface area (Å²) in [6, 6.07) is 13.7. The first-order valence-electron chi connectivity index (χ1n) is 7.34. The Morgan fingerprint density at radius 2 is 1.70 bits per heavy atom. The smallest absolute Gasteiger partial charge is 0.161 e. The van der Waals surface area contributed by atoms with Crippen molar-refractivity contribution in [3.05, 3.63) is 71.7 Å². The second-order valence-electron chi connectivity index (χ2n) is 5.12. The SMILES string of the molecule is Cc1nc(-c2ccccc2)nc(N/N=C\c2ccncc2)c1C. The van der Waals surface area contributed by atoms with Gasteiger partial charge in [-0.05, 0) is 31.5 Å². The van der Waals surface area contributed by atoms with E-state index in [2.05, 4.69) is 25.5 Å². The van der Waals surface area contributed by atoms with Crippen molar-refractivity contribution in [1.82, 2.24) is 15.0 Å². The molecule has 0 unspecified atom stereocenters. The lowest BCUT2D eigenvalue weighted by Gasteiger charge is -2.09. The molecule has 0 radical (unpaired) electrons. The highest BCUT2D eigenvalue weighted by molar-refractivity contribution is 5.79. The molecule has 0 spiro atoms. The molecule has 3 rings (SSSR count). The first kappa shape index (κ1) is 14.8. The van der Waals surface area contributed by atoms with Gasteiger partial charge in [-0.25, -0.2) is 9.97 Å². The highest BCUT2D eigenvalue weighted by atomic mass is 15.3. The third-order valence-corrected chi connectivity index (χ3v) is 3.51. The maximum absolute atomic E-state index is 4.59. The van der Waals surface area contributed by atoms with Gasteiger partial charge in [0.2, 0.25) is 0 Å². The number of anilines is 1. The van der Waals surface area contributed by atoms with Crippen LogP contribution in [-0.2, 0) is 0 Å². The molecule has 0 saturated heterocycles. The van der Waals surface area contributed by atoms with Crippen LogP contribution in [0.2, 0.25) is 0 Å². The summed E-state index contributed by atoms with van der Waals surface area (Å²) in [5.74, 6) is 1.40. The molecule has 1 aromatic carbocycles. The van der Waals surface area contributed by atoms with Crippen molar-refractivity contribution in [3.63, 3.8) is 0 Å². The summed E-state index contributed by atoms with van der Waals surface area (Å²) in [5.41, 5.74) is 6.88. The number of pyridine rings is 1. The van der Waals surface area contributed by atoms with E-state index in [-0.39, 0.29) is 0 Å². The summed E-state index contributed by atoms with van der Waals surface area (Å²) in [4.78, 5) is 13.1. The molecular weight excluding hydrogens is 286 g/mol. The Morgan fingerprint density at radius 1 is 0.957 bits per heavy atom. The van der Waals surface area contributed by atoms with Crippen molar-refractivity contribution in [3.8, 4) is 11.4 Å². The van der Waals surface area contributed by atoms with E-state index in [1.54, 1.807) is 18.6 Å². The Morgan fingerprint density at radius 3 is 2.43 bits per heavy atom. The topological polar surface area (TPSA) is 63.1 Å². The number of hydrogen-bond acceptors (Lipinski definition) is 5. The van der Waals surface area contributed by atoms with E-state index in [0.717, 1.165) is 22.4 Å². The van der Waals surface area contributed by atoms with E-state index in [0.29, 0.717) is 11.6 Å². The molecule has 2 heterocycles. The minimum Gasteiger partial charge on any atom is -0.265 e. The zero-order valence-electron chi connectivity index (χ0n) is 13.1.